The van der Waals surface area contributed by atoms with Gasteiger partial charge in [-0.05, 0) is 49.1 Å². The third-order valence-electron chi connectivity index (χ3n) is 8.97. The summed E-state index contributed by atoms with van der Waals surface area (Å²) in [5.74, 6) is 0.279. The smallest absolute Gasteiger partial charge is 0.251 e. The van der Waals surface area contributed by atoms with E-state index < -0.39 is 11.3 Å². The van der Waals surface area contributed by atoms with Gasteiger partial charge < -0.3 is 20.5 Å². The Bertz CT molecular complexity index is 1930. The average molecular weight is 602 g/mol. The lowest BCUT2D eigenvalue weighted by atomic mass is 9.82. The zero-order valence-corrected chi connectivity index (χ0v) is 25.5. The zero-order chi connectivity index (χ0) is 31.3. The van der Waals surface area contributed by atoms with Gasteiger partial charge in [0.25, 0.3) is 5.91 Å². The number of methoxy groups -OCH3 is 1. The van der Waals surface area contributed by atoms with Crippen LogP contribution in [0.15, 0.2) is 79.0 Å². The SMILES string of the molecule is COc1cc(C(=O)NC[C@@H](C)c2cc3c(c(-c4ccc(-c5ccccc5)cc4)n2)OC[C@]3(C)C(N)=O)cc2cn(C3CC3)nc12. The summed E-state index contributed by atoms with van der Waals surface area (Å²) in [6.45, 7) is 4.27. The normalized spacial score (nSPS) is 17.8. The van der Waals surface area contributed by atoms with Crippen LogP contribution in [0.3, 0.4) is 0 Å². The van der Waals surface area contributed by atoms with E-state index in [0.29, 0.717) is 40.9 Å². The third-order valence-corrected chi connectivity index (χ3v) is 8.97. The molecule has 1 aliphatic heterocycles. The number of primary amides is 1. The standard InChI is InChI=1S/C36H35N5O4/c1-21(18-38-34(42)25-15-26-19-41(27-13-14-27)40-31(26)30(16-25)44-3)29-17-28-33(45-20-36(28,2)35(37)43)32(39-29)24-11-9-23(10-12-24)22-7-5-4-6-8-22/h4-12,15-17,19,21,27H,13-14,18,20H2,1-3H3,(H2,37,43)(H,38,42)/t21-,36+/m1/s1. The molecule has 1 saturated carbocycles. The number of carbonyl (C=O) groups excluding carboxylic acids is 2. The van der Waals surface area contributed by atoms with Gasteiger partial charge in [-0.15, -0.1) is 0 Å². The molecule has 9 nitrogen and oxygen atoms in total. The predicted molar refractivity (Wildman–Crippen MR) is 172 cm³/mol. The summed E-state index contributed by atoms with van der Waals surface area (Å²) < 4.78 is 13.6. The van der Waals surface area contributed by atoms with E-state index in [9.17, 15) is 9.59 Å². The quantitative estimate of drug-likeness (QED) is 0.221. The maximum Gasteiger partial charge on any atom is 0.251 e. The van der Waals surface area contributed by atoms with Gasteiger partial charge in [0.05, 0.1) is 13.2 Å². The van der Waals surface area contributed by atoms with Crippen LogP contribution in [-0.2, 0) is 10.2 Å². The van der Waals surface area contributed by atoms with Gasteiger partial charge in [0.1, 0.15) is 34.7 Å². The molecular weight excluding hydrogens is 566 g/mol. The highest BCUT2D eigenvalue weighted by atomic mass is 16.5. The largest absolute Gasteiger partial charge is 0.494 e. The number of ether oxygens (including phenoxy) is 2. The first-order valence-corrected chi connectivity index (χ1v) is 15.2. The fraction of sp³-hybridized carbons (Fsp3) is 0.278. The topological polar surface area (TPSA) is 121 Å². The van der Waals surface area contributed by atoms with E-state index in [1.807, 2.05) is 60.3 Å². The molecule has 5 aromatic rings. The summed E-state index contributed by atoms with van der Waals surface area (Å²) in [5, 5.41) is 8.61. The van der Waals surface area contributed by atoms with E-state index in [2.05, 4.69) is 34.7 Å². The monoisotopic (exact) mass is 601 g/mol. The number of benzene rings is 3. The van der Waals surface area contributed by atoms with Crippen LogP contribution in [0.2, 0.25) is 0 Å². The summed E-state index contributed by atoms with van der Waals surface area (Å²) >= 11 is 0. The van der Waals surface area contributed by atoms with Crippen molar-refractivity contribution in [1.82, 2.24) is 20.1 Å². The van der Waals surface area contributed by atoms with Crippen LogP contribution in [0, 0.1) is 0 Å². The maximum atomic E-state index is 13.4. The molecule has 2 amide bonds. The van der Waals surface area contributed by atoms with Crippen LogP contribution in [-0.4, -0.2) is 46.8 Å². The molecular formula is C36H35N5O4. The summed E-state index contributed by atoms with van der Waals surface area (Å²) in [5.41, 5.74) is 11.3. The van der Waals surface area contributed by atoms with E-state index >= 15 is 0 Å². The molecule has 2 aromatic heterocycles. The highest BCUT2D eigenvalue weighted by Crippen LogP contribution is 2.45. The molecule has 45 heavy (non-hydrogen) atoms. The molecule has 0 saturated heterocycles. The molecule has 0 spiro atoms. The Kier molecular flexibility index (Phi) is 7.03. The fourth-order valence-corrected chi connectivity index (χ4v) is 5.89. The second-order valence-electron chi connectivity index (χ2n) is 12.3. The van der Waals surface area contributed by atoms with E-state index in [1.165, 1.54) is 0 Å². The van der Waals surface area contributed by atoms with Gasteiger partial charge in [0.15, 0.2) is 0 Å². The lowest BCUT2D eigenvalue weighted by Crippen LogP contribution is -2.39. The van der Waals surface area contributed by atoms with Crippen molar-refractivity contribution in [1.29, 1.82) is 0 Å². The van der Waals surface area contributed by atoms with Gasteiger partial charge in [-0.25, -0.2) is 4.98 Å². The number of nitrogens with one attached hydrogen (secondary N) is 1. The van der Waals surface area contributed by atoms with Gasteiger partial charge >= 0.3 is 0 Å². The maximum absolute atomic E-state index is 13.4. The molecule has 0 unspecified atom stereocenters. The van der Waals surface area contributed by atoms with Crippen molar-refractivity contribution in [3.63, 3.8) is 0 Å². The number of fused-ring (bicyclic) bond motifs is 2. The molecule has 7 rings (SSSR count). The molecule has 228 valence electrons. The molecule has 2 atom stereocenters. The number of pyridine rings is 1. The molecule has 3 heterocycles. The van der Waals surface area contributed by atoms with Gasteiger partial charge in [0, 0.05) is 46.4 Å². The zero-order valence-electron chi connectivity index (χ0n) is 25.5. The number of nitrogens with two attached hydrogens (primary N) is 1. The fourth-order valence-electron chi connectivity index (χ4n) is 5.89. The van der Waals surface area contributed by atoms with Crippen LogP contribution in [0.4, 0.5) is 0 Å². The Labute approximate surface area is 261 Å². The third kappa shape index (κ3) is 5.18. The first-order chi connectivity index (χ1) is 21.7. The average Bonchev–Trinajstić information content (AvgIpc) is 3.74. The number of nitrogens with zero attached hydrogens (tertiary/aromatic N) is 3. The summed E-state index contributed by atoms with van der Waals surface area (Å²) in [6, 6.07) is 24.2. The Balaban J connectivity index is 1.17. The van der Waals surface area contributed by atoms with E-state index in [-0.39, 0.29) is 18.4 Å². The van der Waals surface area contributed by atoms with Gasteiger partial charge in [-0.2, -0.15) is 5.10 Å². The van der Waals surface area contributed by atoms with Crippen molar-refractivity contribution in [2.24, 2.45) is 5.73 Å². The Morgan fingerprint density at radius 2 is 1.78 bits per heavy atom. The molecule has 1 aliphatic carbocycles. The number of hydrogen-bond acceptors (Lipinski definition) is 6. The second-order valence-corrected chi connectivity index (χ2v) is 12.3. The minimum atomic E-state index is -0.994. The minimum absolute atomic E-state index is 0.144. The van der Waals surface area contributed by atoms with Crippen LogP contribution in [0.5, 0.6) is 11.5 Å². The summed E-state index contributed by atoms with van der Waals surface area (Å²) in [7, 11) is 1.59. The van der Waals surface area contributed by atoms with Gasteiger partial charge in [0.2, 0.25) is 5.91 Å². The van der Waals surface area contributed by atoms with Crippen molar-refractivity contribution < 1.29 is 19.1 Å². The summed E-state index contributed by atoms with van der Waals surface area (Å²) in [6.07, 6.45) is 4.21. The highest BCUT2D eigenvalue weighted by Gasteiger charge is 2.44. The van der Waals surface area contributed by atoms with Crippen molar-refractivity contribution >= 4 is 22.7 Å². The molecule has 2 aliphatic rings. The lowest BCUT2D eigenvalue weighted by Gasteiger charge is -2.21. The van der Waals surface area contributed by atoms with Crippen LogP contribution in [0.1, 0.15) is 60.3 Å². The second kappa shape index (κ2) is 11.1. The molecule has 3 N–H and O–H groups in total. The van der Waals surface area contributed by atoms with Crippen molar-refractivity contribution in [3.8, 4) is 33.9 Å². The Hall–Kier alpha value is -5.18. The Morgan fingerprint density at radius 3 is 2.47 bits per heavy atom. The van der Waals surface area contributed by atoms with Gasteiger partial charge in [-0.1, -0.05) is 61.5 Å². The lowest BCUT2D eigenvalue weighted by molar-refractivity contribution is -0.123. The first kappa shape index (κ1) is 28.6. The molecule has 1 fully saturated rings. The minimum Gasteiger partial charge on any atom is -0.494 e. The van der Waals surface area contributed by atoms with Crippen molar-refractivity contribution in [3.05, 3.63) is 95.8 Å². The van der Waals surface area contributed by atoms with E-state index in [4.69, 9.17) is 20.2 Å². The number of carbonyl (C=O) groups is 2. The molecule has 0 bridgehead atoms. The van der Waals surface area contributed by atoms with Crippen LogP contribution < -0.4 is 20.5 Å². The number of hydrogen-bond donors (Lipinski definition) is 2. The number of aromatic nitrogens is 3. The van der Waals surface area contributed by atoms with Crippen LogP contribution >= 0.6 is 0 Å². The number of amides is 2. The van der Waals surface area contributed by atoms with Gasteiger partial charge in [-0.3, -0.25) is 14.3 Å². The molecule has 9 heteroatoms. The van der Waals surface area contributed by atoms with Crippen LogP contribution in [0.25, 0.3) is 33.3 Å². The predicted octanol–water partition coefficient (Wildman–Crippen LogP) is 5.78. The highest BCUT2D eigenvalue weighted by molar-refractivity contribution is 6.00. The van der Waals surface area contributed by atoms with Crippen molar-refractivity contribution in [2.45, 2.75) is 44.1 Å². The molecule has 3 aromatic carbocycles. The molecule has 0 radical (unpaired) electrons. The van der Waals surface area contributed by atoms with Crippen molar-refractivity contribution in [2.75, 3.05) is 20.3 Å². The summed E-state index contributed by atoms with van der Waals surface area (Å²) in [4.78, 5) is 31.0. The van der Waals surface area contributed by atoms with E-state index in [1.54, 1.807) is 20.1 Å². The van der Waals surface area contributed by atoms with E-state index in [0.717, 1.165) is 46.1 Å². The Morgan fingerprint density at radius 1 is 1.07 bits per heavy atom. The number of rotatable bonds is 9. The first-order valence-electron chi connectivity index (χ1n) is 15.2.